The van der Waals surface area contributed by atoms with Gasteiger partial charge in [0.25, 0.3) is 0 Å². The summed E-state index contributed by atoms with van der Waals surface area (Å²) >= 11 is 0. The number of carbonyl (C=O) groups is 1. The number of rotatable bonds is 8. The summed E-state index contributed by atoms with van der Waals surface area (Å²) in [5.41, 5.74) is 0. The Morgan fingerprint density at radius 2 is 1.89 bits per heavy atom. The van der Waals surface area contributed by atoms with Gasteiger partial charge in [0.05, 0.1) is 25.9 Å². The lowest BCUT2D eigenvalue weighted by Crippen LogP contribution is -2.21. The smallest absolute Gasteiger partial charge is 0.304 e. The standard InChI is InChI=1S/C13H18O5S/c1-10(9-13(14)15)19(16)8-7-18-12-5-3-11(17-2)4-6-12/h3-6,10H,7-9H2,1-2H3,(H,14,15). The van der Waals surface area contributed by atoms with Crippen LogP contribution < -0.4 is 9.47 Å². The van der Waals surface area contributed by atoms with E-state index in [0.717, 1.165) is 5.75 Å². The summed E-state index contributed by atoms with van der Waals surface area (Å²) in [5, 5.41) is 8.24. The molecule has 2 atom stereocenters. The van der Waals surface area contributed by atoms with Crippen molar-refractivity contribution in [1.82, 2.24) is 0 Å². The van der Waals surface area contributed by atoms with Crippen molar-refractivity contribution < 1.29 is 23.6 Å². The molecule has 0 amide bonds. The van der Waals surface area contributed by atoms with Gasteiger partial charge in [-0.25, -0.2) is 0 Å². The van der Waals surface area contributed by atoms with Crippen molar-refractivity contribution >= 4 is 16.8 Å². The van der Waals surface area contributed by atoms with Gasteiger partial charge in [-0.3, -0.25) is 9.00 Å². The second-order valence-electron chi connectivity index (χ2n) is 4.02. The fourth-order valence-electron chi connectivity index (χ4n) is 1.45. The molecule has 1 aromatic rings. The third kappa shape index (κ3) is 5.74. The highest BCUT2D eigenvalue weighted by atomic mass is 32.2. The average Bonchev–Trinajstić information content (AvgIpc) is 2.38. The van der Waals surface area contributed by atoms with Crippen LogP contribution in [-0.4, -0.2) is 40.0 Å². The molecule has 5 nitrogen and oxygen atoms in total. The molecule has 2 unspecified atom stereocenters. The van der Waals surface area contributed by atoms with E-state index in [1.54, 1.807) is 38.3 Å². The van der Waals surface area contributed by atoms with Crippen LogP contribution in [0.15, 0.2) is 24.3 Å². The summed E-state index contributed by atoms with van der Waals surface area (Å²) in [7, 11) is 0.391. The van der Waals surface area contributed by atoms with Gasteiger partial charge in [0, 0.05) is 16.0 Å². The first-order valence-corrected chi connectivity index (χ1v) is 7.27. The van der Waals surface area contributed by atoms with E-state index < -0.39 is 16.8 Å². The number of hydrogen-bond acceptors (Lipinski definition) is 4. The maximum Gasteiger partial charge on any atom is 0.304 e. The van der Waals surface area contributed by atoms with E-state index in [0.29, 0.717) is 18.1 Å². The van der Waals surface area contributed by atoms with E-state index in [9.17, 15) is 9.00 Å². The lowest BCUT2D eigenvalue weighted by Gasteiger charge is -2.10. The number of carboxylic acids is 1. The van der Waals surface area contributed by atoms with Crippen molar-refractivity contribution in [3.63, 3.8) is 0 Å². The molecule has 106 valence electrons. The molecule has 1 rings (SSSR count). The zero-order valence-electron chi connectivity index (χ0n) is 11.0. The Hall–Kier alpha value is -1.56. The highest BCUT2D eigenvalue weighted by molar-refractivity contribution is 7.85. The van der Waals surface area contributed by atoms with E-state index >= 15 is 0 Å². The van der Waals surface area contributed by atoms with E-state index in [1.807, 2.05) is 0 Å². The Labute approximate surface area is 115 Å². The van der Waals surface area contributed by atoms with E-state index in [2.05, 4.69) is 0 Å². The fraction of sp³-hybridized carbons (Fsp3) is 0.462. The van der Waals surface area contributed by atoms with Crippen molar-refractivity contribution in [3.8, 4) is 11.5 Å². The summed E-state index contributed by atoms with van der Waals surface area (Å²) < 4.78 is 22.2. The number of hydrogen-bond donors (Lipinski definition) is 1. The van der Waals surface area contributed by atoms with Gasteiger partial charge in [0.1, 0.15) is 11.5 Å². The highest BCUT2D eigenvalue weighted by Crippen LogP contribution is 2.17. The molecule has 0 saturated heterocycles. The van der Waals surface area contributed by atoms with Gasteiger partial charge in [-0.1, -0.05) is 6.92 Å². The highest BCUT2D eigenvalue weighted by Gasteiger charge is 2.14. The monoisotopic (exact) mass is 286 g/mol. The van der Waals surface area contributed by atoms with Crippen LogP contribution >= 0.6 is 0 Å². The minimum Gasteiger partial charge on any atom is -0.497 e. The molecule has 0 heterocycles. The average molecular weight is 286 g/mol. The molecule has 0 aliphatic carbocycles. The largest absolute Gasteiger partial charge is 0.497 e. The topological polar surface area (TPSA) is 72.8 Å². The Morgan fingerprint density at radius 1 is 1.32 bits per heavy atom. The van der Waals surface area contributed by atoms with E-state index in [-0.39, 0.29) is 11.7 Å². The molecule has 0 aliphatic heterocycles. The van der Waals surface area contributed by atoms with E-state index in [4.69, 9.17) is 14.6 Å². The van der Waals surface area contributed by atoms with Gasteiger partial charge in [-0.2, -0.15) is 0 Å². The molecule has 0 spiro atoms. The Morgan fingerprint density at radius 3 is 2.42 bits per heavy atom. The van der Waals surface area contributed by atoms with Crippen LogP contribution in [0.4, 0.5) is 0 Å². The van der Waals surface area contributed by atoms with Gasteiger partial charge in [-0.05, 0) is 24.3 Å². The Bertz CT molecular complexity index is 429. The lowest BCUT2D eigenvalue weighted by molar-refractivity contribution is -0.136. The number of benzene rings is 1. The molecule has 0 fully saturated rings. The van der Waals surface area contributed by atoms with Gasteiger partial charge >= 0.3 is 5.97 Å². The molecule has 0 aliphatic rings. The molecule has 19 heavy (non-hydrogen) atoms. The minimum atomic E-state index is -1.20. The van der Waals surface area contributed by atoms with Crippen LogP contribution in [-0.2, 0) is 15.6 Å². The SMILES string of the molecule is COc1ccc(OCCS(=O)C(C)CC(=O)O)cc1. The zero-order chi connectivity index (χ0) is 14.3. The van der Waals surface area contributed by atoms with Gasteiger partial charge < -0.3 is 14.6 Å². The van der Waals surface area contributed by atoms with Crippen molar-refractivity contribution in [1.29, 1.82) is 0 Å². The molecular formula is C13H18O5S. The summed E-state index contributed by atoms with van der Waals surface area (Å²) in [4.78, 5) is 10.5. The van der Waals surface area contributed by atoms with Crippen molar-refractivity contribution in [2.24, 2.45) is 0 Å². The molecule has 0 saturated carbocycles. The molecule has 1 N–H and O–H groups in total. The van der Waals surface area contributed by atoms with Crippen molar-refractivity contribution in [3.05, 3.63) is 24.3 Å². The Balaban J connectivity index is 2.32. The van der Waals surface area contributed by atoms with Crippen LogP contribution in [0.25, 0.3) is 0 Å². The van der Waals surface area contributed by atoms with Crippen LogP contribution in [0, 0.1) is 0 Å². The summed E-state index contributed by atoms with van der Waals surface area (Å²) in [6.07, 6.45) is -0.0881. The molecule has 0 radical (unpaired) electrons. The third-order valence-corrected chi connectivity index (χ3v) is 4.16. The summed E-state index contributed by atoms with van der Waals surface area (Å²) in [6.45, 7) is 1.96. The predicted octanol–water partition coefficient (Wildman–Crippen LogP) is 1.69. The van der Waals surface area contributed by atoms with Crippen molar-refractivity contribution in [2.45, 2.75) is 18.6 Å². The Kier molecular flexibility index (Phi) is 6.35. The first-order valence-electron chi connectivity index (χ1n) is 5.88. The first-order chi connectivity index (χ1) is 9.02. The fourth-order valence-corrected chi connectivity index (χ4v) is 2.43. The second kappa shape index (κ2) is 7.78. The first kappa shape index (κ1) is 15.5. The van der Waals surface area contributed by atoms with Crippen LogP contribution in [0.3, 0.4) is 0 Å². The van der Waals surface area contributed by atoms with Gasteiger partial charge in [0.15, 0.2) is 0 Å². The predicted molar refractivity (Wildman–Crippen MR) is 73.2 cm³/mol. The quantitative estimate of drug-likeness (QED) is 0.787. The third-order valence-electron chi connectivity index (χ3n) is 2.52. The molecule has 0 bridgehead atoms. The molecule has 1 aromatic carbocycles. The van der Waals surface area contributed by atoms with Crippen LogP contribution in [0.5, 0.6) is 11.5 Å². The van der Waals surface area contributed by atoms with Gasteiger partial charge in [0.2, 0.25) is 0 Å². The molecule has 6 heteroatoms. The number of carboxylic acid groups (broad SMARTS) is 1. The maximum atomic E-state index is 11.7. The minimum absolute atomic E-state index is 0.0881. The normalized spacial score (nSPS) is 13.6. The second-order valence-corrected chi connectivity index (χ2v) is 5.99. The lowest BCUT2D eigenvalue weighted by atomic mass is 10.3. The van der Waals surface area contributed by atoms with E-state index in [1.165, 1.54) is 0 Å². The summed E-state index contributed by atoms with van der Waals surface area (Å²) in [5.74, 6) is 0.798. The molecule has 0 aromatic heterocycles. The van der Waals surface area contributed by atoms with Crippen LogP contribution in [0.1, 0.15) is 13.3 Å². The summed E-state index contributed by atoms with van der Waals surface area (Å²) in [6, 6.07) is 7.09. The maximum absolute atomic E-state index is 11.7. The zero-order valence-corrected chi connectivity index (χ0v) is 11.8. The molecular weight excluding hydrogens is 268 g/mol. The van der Waals surface area contributed by atoms with Gasteiger partial charge in [-0.15, -0.1) is 0 Å². The number of ether oxygens (including phenoxy) is 2. The van der Waals surface area contributed by atoms with Crippen LogP contribution in [0.2, 0.25) is 0 Å². The number of methoxy groups -OCH3 is 1. The number of aliphatic carboxylic acids is 1. The van der Waals surface area contributed by atoms with Crippen molar-refractivity contribution in [2.75, 3.05) is 19.5 Å².